The summed E-state index contributed by atoms with van der Waals surface area (Å²) < 4.78 is 5.49. The van der Waals surface area contributed by atoms with Gasteiger partial charge in [0.15, 0.2) is 6.61 Å². The van der Waals surface area contributed by atoms with Crippen LogP contribution in [-0.4, -0.2) is 18.6 Å². The molecule has 0 fully saturated rings. The number of carbonyl (C=O) groups excluding carboxylic acids is 1. The second-order valence-corrected chi connectivity index (χ2v) is 4.89. The third-order valence-corrected chi connectivity index (χ3v) is 2.91. The SMILES string of the molecule is CCC(C)NC(=O)COc1cccc(C(C)C)c1. The molecule has 3 heteroatoms. The Hall–Kier alpha value is -1.51. The molecule has 1 N–H and O–H groups in total. The van der Waals surface area contributed by atoms with Gasteiger partial charge in [-0.25, -0.2) is 0 Å². The van der Waals surface area contributed by atoms with E-state index >= 15 is 0 Å². The van der Waals surface area contributed by atoms with E-state index in [9.17, 15) is 4.79 Å². The van der Waals surface area contributed by atoms with Crippen LogP contribution in [0.1, 0.15) is 45.6 Å². The number of nitrogens with one attached hydrogen (secondary N) is 1. The van der Waals surface area contributed by atoms with Crippen molar-refractivity contribution in [2.75, 3.05) is 6.61 Å². The Labute approximate surface area is 110 Å². The van der Waals surface area contributed by atoms with Crippen molar-refractivity contribution in [3.63, 3.8) is 0 Å². The lowest BCUT2D eigenvalue weighted by molar-refractivity contribution is -0.123. The van der Waals surface area contributed by atoms with E-state index in [1.165, 1.54) is 5.56 Å². The van der Waals surface area contributed by atoms with Crippen molar-refractivity contribution in [3.05, 3.63) is 29.8 Å². The molecular weight excluding hydrogens is 226 g/mol. The van der Waals surface area contributed by atoms with Crippen molar-refractivity contribution in [2.45, 2.75) is 46.1 Å². The Morgan fingerprint density at radius 2 is 2.06 bits per heavy atom. The van der Waals surface area contributed by atoms with E-state index in [1.54, 1.807) is 0 Å². The second kappa shape index (κ2) is 7.04. The minimum absolute atomic E-state index is 0.0701. The molecule has 1 rings (SSSR count). The fourth-order valence-electron chi connectivity index (χ4n) is 1.53. The van der Waals surface area contributed by atoms with Crippen molar-refractivity contribution in [3.8, 4) is 5.75 Å². The molecule has 18 heavy (non-hydrogen) atoms. The lowest BCUT2D eigenvalue weighted by Gasteiger charge is -2.13. The Kier molecular flexibility index (Phi) is 5.69. The minimum atomic E-state index is -0.0701. The van der Waals surface area contributed by atoms with Gasteiger partial charge in [-0.1, -0.05) is 32.9 Å². The molecule has 0 heterocycles. The third-order valence-electron chi connectivity index (χ3n) is 2.91. The zero-order chi connectivity index (χ0) is 13.5. The van der Waals surface area contributed by atoms with E-state index in [0.717, 1.165) is 12.2 Å². The van der Waals surface area contributed by atoms with Crippen molar-refractivity contribution in [1.29, 1.82) is 0 Å². The molecule has 0 aliphatic rings. The Bertz CT molecular complexity index is 388. The number of hydrogen-bond donors (Lipinski definition) is 1. The molecule has 100 valence electrons. The molecule has 0 saturated heterocycles. The molecular formula is C15H23NO2. The molecule has 1 unspecified atom stereocenters. The maximum atomic E-state index is 11.6. The van der Waals surface area contributed by atoms with E-state index in [0.29, 0.717) is 5.92 Å². The van der Waals surface area contributed by atoms with Crippen LogP contribution < -0.4 is 10.1 Å². The van der Waals surface area contributed by atoms with Gasteiger partial charge >= 0.3 is 0 Å². The summed E-state index contributed by atoms with van der Waals surface area (Å²) in [5.41, 5.74) is 1.22. The van der Waals surface area contributed by atoms with Crippen LogP contribution in [-0.2, 0) is 4.79 Å². The average molecular weight is 249 g/mol. The predicted molar refractivity (Wildman–Crippen MR) is 73.9 cm³/mol. The number of rotatable bonds is 6. The van der Waals surface area contributed by atoms with Crippen LogP contribution in [0.4, 0.5) is 0 Å². The van der Waals surface area contributed by atoms with Gasteiger partial charge in [0.2, 0.25) is 0 Å². The first-order valence-electron chi connectivity index (χ1n) is 6.55. The summed E-state index contributed by atoms with van der Waals surface area (Å²) in [5.74, 6) is 1.14. The van der Waals surface area contributed by atoms with Gasteiger partial charge in [0, 0.05) is 6.04 Å². The zero-order valence-electron chi connectivity index (χ0n) is 11.7. The lowest BCUT2D eigenvalue weighted by Crippen LogP contribution is -2.35. The molecule has 0 bridgehead atoms. The van der Waals surface area contributed by atoms with Gasteiger partial charge in [-0.3, -0.25) is 4.79 Å². The highest BCUT2D eigenvalue weighted by molar-refractivity contribution is 5.77. The van der Waals surface area contributed by atoms with E-state index in [2.05, 4.69) is 25.2 Å². The van der Waals surface area contributed by atoms with Crippen molar-refractivity contribution in [1.82, 2.24) is 5.32 Å². The summed E-state index contributed by atoms with van der Waals surface area (Å²) in [4.78, 5) is 11.6. The van der Waals surface area contributed by atoms with Crippen molar-refractivity contribution >= 4 is 5.91 Å². The van der Waals surface area contributed by atoms with Gasteiger partial charge in [0.05, 0.1) is 0 Å². The third kappa shape index (κ3) is 4.78. The van der Waals surface area contributed by atoms with E-state index in [4.69, 9.17) is 4.74 Å². The molecule has 1 atom stereocenters. The smallest absolute Gasteiger partial charge is 0.258 e. The van der Waals surface area contributed by atoms with Crippen LogP contribution in [0.15, 0.2) is 24.3 Å². The number of carbonyl (C=O) groups is 1. The summed E-state index contributed by atoms with van der Waals surface area (Å²) in [6, 6.07) is 8.08. The zero-order valence-corrected chi connectivity index (χ0v) is 11.7. The molecule has 0 saturated carbocycles. The van der Waals surface area contributed by atoms with Crippen LogP contribution in [0.5, 0.6) is 5.75 Å². The second-order valence-electron chi connectivity index (χ2n) is 4.89. The molecule has 0 spiro atoms. The molecule has 3 nitrogen and oxygen atoms in total. The number of amides is 1. The summed E-state index contributed by atoms with van der Waals surface area (Å²) in [7, 11) is 0. The van der Waals surface area contributed by atoms with Crippen LogP contribution in [0.2, 0.25) is 0 Å². The Morgan fingerprint density at radius 1 is 1.33 bits per heavy atom. The highest BCUT2D eigenvalue weighted by Gasteiger charge is 2.07. The Morgan fingerprint density at radius 3 is 2.67 bits per heavy atom. The summed E-state index contributed by atoms with van der Waals surface area (Å²) in [6.45, 7) is 8.37. The van der Waals surface area contributed by atoms with Gasteiger partial charge in [-0.05, 0) is 37.0 Å². The Balaban J connectivity index is 2.48. The quantitative estimate of drug-likeness (QED) is 0.841. The average Bonchev–Trinajstić information content (AvgIpc) is 2.36. The fourth-order valence-corrected chi connectivity index (χ4v) is 1.53. The first kappa shape index (κ1) is 14.6. The van der Waals surface area contributed by atoms with Gasteiger partial charge < -0.3 is 10.1 Å². The summed E-state index contributed by atoms with van der Waals surface area (Å²) in [5, 5.41) is 2.87. The van der Waals surface area contributed by atoms with E-state index < -0.39 is 0 Å². The largest absolute Gasteiger partial charge is 0.484 e. The molecule has 0 aromatic heterocycles. The van der Waals surface area contributed by atoms with E-state index in [-0.39, 0.29) is 18.6 Å². The highest BCUT2D eigenvalue weighted by Crippen LogP contribution is 2.19. The van der Waals surface area contributed by atoms with Gasteiger partial charge in [-0.2, -0.15) is 0 Å². The predicted octanol–water partition coefficient (Wildman–Crippen LogP) is 3.10. The van der Waals surface area contributed by atoms with Crippen LogP contribution in [0.3, 0.4) is 0 Å². The highest BCUT2D eigenvalue weighted by atomic mass is 16.5. The minimum Gasteiger partial charge on any atom is -0.484 e. The topological polar surface area (TPSA) is 38.3 Å². The van der Waals surface area contributed by atoms with Crippen LogP contribution >= 0.6 is 0 Å². The molecule has 0 aliphatic heterocycles. The van der Waals surface area contributed by atoms with Gasteiger partial charge in [-0.15, -0.1) is 0 Å². The van der Waals surface area contributed by atoms with Crippen LogP contribution in [0, 0.1) is 0 Å². The normalized spacial score (nSPS) is 12.3. The number of hydrogen-bond acceptors (Lipinski definition) is 2. The maximum absolute atomic E-state index is 11.6. The van der Waals surface area contributed by atoms with Gasteiger partial charge in [0.25, 0.3) is 5.91 Å². The van der Waals surface area contributed by atoms with Gasteiger partial charge in [0.1, 0.15) is 5.75 Å². The van der Waals surface area contributed by atoms with Crippen molar-refractivity contribution in [2.24, 2.45) is 0 Å². The first-order chi connectivity index (χ1) is 8.52. The molecule has 1 aromatic rings. The first-order valence-corrected chi connectivity index (χ1v) is 6.55. The lowest BCUT2D eigenvalue weighted by atomic mass is 10.0. The summed E-state index contributed by atoms with van der Waals surface area (Å²) in [6.07, 6.45) is 0.925. The standard InChI is InChI=1S/C15H23NO2/c1-5-12(4)16-15(17)10-18-14-8-6-7-13(9-14)11(2)3/h6-9,11-12H,5,10H2,1-4H3,(H,16,17). The molecule has 0 aliphatic carbocycles. The van der Waals surface area contributed by atoms with Crippen molar-refractivity contribution < 1.29 is 9.53 Å². The van der Waals surface area contributed by atoms with E-state index in [1.807, 2.05) is 32.0 Å². The van der Waals surface area contributed by atoms with Crippen LogP contribution in [0.25, 0.3) is 0 Å². The molecule has 0 radical (unpaired) electrons. The fraction of sp³-hybridized carbons (Fsp3) is 0.533. The summed E-state index contributed by atoms with van der Waals surface area (Å²) >= 11 is 0. The number of benzene rings is 1. The molecule has 1 amide bonds. The molecule has 1 aromatic carbocycles. The monoisotopic (exact) mass is 249 g/mol. The number of ether oxygens (including phenoxy) is 1. The maximum Gasteiger partial charge on any atom is 0.258 e.